The molecule has 0 aliphatic heterocycles. The van der Waals surface area contributed by atoms with E-state index in [0.29, 0.717) is 0 Å². The Balaban J connectivity index is -0.0000000267. The second kappa shape index (κ2) is 5.84. The molecule has 0 fully saturated rings. The van der Waals surface area contributed by atoms with Gasteiger partial charge in [-0.1, -0.05) is 0 Å². The molecule has 0 radical (unpaired) electrons. The fraction of sp³-hybridized carbons (Fsp3) is 1.00. The standard InChI is InChI=1S/CH4O3S.Mg.2H/c2-1-5(3)4;;;/h2H,1H2,(H,3,4);;;/q;+2;2*-1. The Labute approximate surface area is 57.2 Å². The van der Waals surface area contributed by atoms with E-state index in [1.807, 2.05) is 0 Å². The van der Waals surface area contributed by atoms with E-state index in [1.54, 1.807) is 0 Å². The van der Waals surface area contributed by atoms with Gasteiger partial charge in [-0.25, -0.2) is 4.21 Å². The van der Waals surface area contributed by atoms with Crippen molar-refractivity contribution in [1.82, 2.24) is 0 Å². The zero-order valence-electron chi connectivity index (χ0n) is 5.13. The van der Waals surface area contributed by atoms with E-state index in [9.17, 15) is 4.21 Å². The predicted octanol–water partition coefficient (Wildman–Crippen LogP) is -0.998. The van der Waals surface area contributed by atoms with E-state index in [4.69, 9.17) is 9.66 Å². The maximum atomic E-state index is 9.23. The van der Waals surface area contributed by atoms with Crippen molar-refractivity contribution in [2.45, 2.75) is 0 Å². The van der Waals surface area contributed by atoms with Gasteiger partial charge in [-0.2, -0.15) is 0 Å². The van der Waals surface area contributed by atoms with Gasteiger partial charge in [0.15, 0.2) is 11.1 Å². The summed E-state index contributed by atoms with van der Waals surface area (Å²) in [6.07, 6.45) is 0. The van der Waals surface area contributed by atoms with Gasteiger partial charge in [-0.05, 0) is 0 Å². The summed E-state index contributed by atoms with van der Waals surface area (Å²) in [4.78, 5) is 0. The van der Waals surface area contributed by atoms with Crippen LogP contribution in [0.5, 0.6) is 0 Å². The van der Waals surface area contributed by atoms with Crippen LogP contribution in [0.1, 0.15) is 2.85 Å². The average Bonchev–Trinajstić information content (AvgIpc) is 1.38. The molecule has 0 aliphatic carbocycles. The maximum Gasteiger partial charge on any atom is 2.00 e. The quantitative estimate of drug-likeness (QED) is 0.347. The molecule has 0 aromatic heterocycles. The Hall–Kier alpha value is 0.836. The van der Waals surface area contributed by atoms with Crippen LogP contribution in [0.15, 0.2) is 0 Å². The molecule has 0 rings (SSSR count). The first-order chi connectivity index (χ1) is 2.27. The van der Waals surface area contributed by atoms with Crippen molar-refractivity contribution in [2.24, 2.45) is 0 Å². The van der Waals surface area contributed by atoms with Crippen LogP contribution in [-0.4, -0.2) is 42.9 Å². The molecule has 1 unspecified atom stereocenters. The Morgan fingerprint density at radius 3 is 2.00 bits per heavy atom. The zero-order chi connectivity index (χ0) is 4.28. The summed E-state index contributed by atoms with van der Waals surface area (Å²) >= 11 is -2.02. The summed E-state index contributed by atoms with van der Waals surface area (Å²) in [5.74, 6) is -0.667. The molecule has 36 valence electrons. The van der Waals surface area contributed by atoms with Gasteiger partial charge in [0.2, 0.25) is 0 Å². The second-order valence-electron chi connectivity index (χ2n) is 0.451. The molecule has 0 heterocycles. The van der Waals surface area contributed by atoms with E-state index < -0.39 is 17.0 Å². The molecule has 0 bridgehead atoms. The first kappa shape index (κ1) is 9.96. The van der Waals surface area contributed by atoms with E-state index in [0.717, 1.165) is 0 Å². The van der Waals surface area contributed by atoms with Crippen LogP contribution < -0.4 is 0 Å². The van der Waals surface area contributed by atoms with E-state index in [-0.39, 0.29) is 25.9 Å². The summed E-state index contributed by atoms with van der Waals surface area (Å²) in [5, 5.41) is 7.59. The Morgan fingerprint density at radius 1 is 1.83 bits per heavy atom. The van der Waals surface area contributed by atoms with Crippen molar-refractivity contribution >= 4 is 34.1 Å². The summed E-state index contributed by atoms with van der Waals surface area (Å²) in [6.45, 7) is 0. The smallest absolute Gasteiger partial charge is 1.00 e. The molecule has 0 amide bonds. The third kappa shape index (κ3) is 8.85. The van der Waals surface area contributed by atoms with Crippen molar-refractivity contribution in [2.75, 3.05) is 5.94 Å². The first-order valence-corrected chi connectivity index (χ1v) is 2.23. The summed E-state index contributed by atoms with van der Waals surface area (Å²) in [7, 11) is 0. The average molecular weight is 122 g/mol. The number of hydrogen-bond acceptors (Lipinski definition) is 2. The Bertz CT molecular complexity index is 52.5. The van der Waals surface area contributed by atoms with Crippen molar-refractivity contribution in [1.29, 1.82) is 0 Å². The van der Waals surface area contributed by atoms with Gasteiger partial charge in [-0.15, -0.1) is 0 Å². The third-order valence-corrected chi connectivity index (χ3v) is 0.331. The van der Waals surface area contributed by atoms with Crippen LogP contribution >= 0.6 is 0 Å². The van der Waals surface area contributed by atoms with Gasteiger partial charge in [0.25, 0.3) is 0 Å². The maximum absolute atomic E-state index is 9.23. The van der Waals surface area contributed by atoms with Gasteiger partial charge >= 0.3 is 23.1 Å². The van der Waals surface area contributed by atoms with Gasteiger partial charge in [0.1, 0.15) is 5.94 Å². The van der Waals surface area contributed by atoms with E-state index >= 15 is 0 Å². The molecule has 6 heavy (non-hydrogen) atoms. The largest absolute Gasteiger partial charge is 2.00 e. The van der Waals surface area contributed by atoms with Crippen molar-refractivity contribution in [3.05, 3.63) is 0 Å². The molecule has 1 atom stereocenters. The predicted molar refractivity (Wildman–Crippen MR) is 25.8 cm³/mol. The molecule has 0 aromatic carbocycles. The number of rotatable bonds is 1. The topological polar surface area (TPSA) is 57.5 Å². The molecular formula is CH6MgO3S. The van der Waals surface area contributed by atoms with Gasteiger partial charge in [0.05, 0.1) is 0 Å². The van der Waals surface area contributed by atoms with Crippen LogP contribution in [0.25, 0.3) is 0 Å². The number of aliphatic hydroxyl groups is 1. The van der Waals surface area contributed by atoms with E-state index in [1.165, 1.54) is 0 Å². The van der Waals surface area contributed by atoms with Crippen LogP contribution in [0.3, 0.4) is 0 Å². The molecule has 2 N–H and O–H groups in total. The minimum absolute atomic E-state index is 0. The fourth-order valence-electron chi connectivity index (χ4n) is 0. The van der Waals surface area contributed by atoms with Crippen LogP contribution in [-0.2, 0) is 11.1 Å². The fourth-order valence-corrected chi connectivity index (χ4v) is 0. The molecule has 0 spiro atoms. The Kier molecular flexibility index (Phi) is 9.68. The number of aliphatic hydroxyl groups excluding tert-OH is 1. The molecule has 0 saturated carbocycles. The summed E-state index contributed by atoms with van der Waals surface area (Å²) in [5.41, 5.74) is 0. The number of hydrogen-bond donors (Lipinski definition) is 2. The van der Waals surface area contributed by atoms with Crippen LogP contribution in [0, 0.1) is 0 Å². The normalized spacial score (nSPS) is 12.3. The molecule has 0 aliphatic rings. The second-order valence-corrected chi connectivity index (χ2v) is 1.35. The SMILES string of the molecule is O=S(O)CO.[H-].[H-].[Mg+2]. The zero-order valence-corrected chi connectivity index (χ0v) is 5.36. The summed E-state index contributed by atoms with van der Waals surface area (Å²) < 4.78 is 16.8. The summed E-state index contributed by atoms with van der Waals surface area (Å²) in [6, 6.07) is 0. The molecule has 5 heteroatoms. The van der Waals surface area contributed by atoms with Gasteiger partial charge < -0.3 is 12.5 Å². The first-order valence-electron chi connectivity index (χ1n) is 0.954. The van der Waals surface area contributed by atoms with Crippen LogP contribution in [0.4, 0.5) is 0 Å². The van der Waals surface area contributed by atoms with Gasteiger partial charge in [0, 0.05) is 0 Å². The Morgan fingerprint density at radius 2 is 2.00 bits per heavy atom. The third-order valence-electron chi connectivity index (χ3n) is 0.110. The van der Waals surface area contributed by atoms with Gasteiger partial charge in [-0.3, -0.25) is 0 Å². The molecule has 3 nitrogen and oxygen atoms in total. The van der Waals surface area contributed by atoms with Crippen LogP contribution in [0.2, 0.25) is 0 Å². The van der Waals surface area contributed by atoms with E-state index in [2.05, 4.69) is 0 Å². The van der Waals surface area contributed by atoms with Crippen molar-refractivity contribution in [3.8, 4) is 0 Å². The van der Waals surface area contributed by atoms with Crippen molar-refractivity contribution < 1.29 is 16.7 Å². The minimum atomic E-state index is -2.02. The molecule has 0 saturated heterocycles. The molecule has 0 aromatic rings. The van der Waals surface area contributed by atoms with Crippen molar-refractivity contribution in [3.63, 3.8) is 0 Å². The molecular weight excluding hydrogens is 116 g/mol. The minimum Gasteiger partial charge on any atom is -1.00 e. The monoisotopic (exact) mass is 122 g/mol.